The molecule has 0 amide bonds. The molecule has 278 valence electrons. The van der Waals surface area contributed by atoms with Crippen molar-refractivity contribution in [2.24, 2.45) is 0 Å². The zero-order chi connectivity index (χ0) is 39.1. The first-order valence-electron chi connectivity index (χ1n) is 20.5. The maximum absolute atomic E-state index is 7.06. The molecule has 1 atom stereocenters. The fraction of sp³-hybridized carbons (Fsp3) is 0.0182. The fourth-order valence-electron chi connectivity index (χ4n) is 10.7. The summed E-state index contributed by atoms with van der Waals surface area (Å²) in [6.45, 7) is 0. The Balaban J connectivity index is 1.12. The molecule has 0 N–H and O–H groups in total. The third kappa shape index (κ3) is 4.01. The van der Waals surface area contributed by atoms with E-state index in [-0.39, 0.29) is 0 Å². The molecule has 60 heavy (non-hydrogen) atoms. The van der Waals surface area contributed by atoms with Gasteiger partial charge in [0.25, 0.3) is 0 Å². The predicted octanol–water partition coefficient (Wildman–Crippen LogP) is 13.4. The quantitative estimate of drug-likeness (QED) is 0.176. The SMILES string of the molecule is c1ccc2c(c1)Oc1cc3c4ccccc4n(-c4nc(-c5ccc6ccccc6c5)c5ccccc5n4)c3cc1C21c2ccccc2-n2c3ccccc3c3cccc1c32. The molecule has 3 aromatic heterocycles. The van der Waals surface area contributed by atoms with E-state index in [0.717, 1.165) is 66.6 Å². The van der Waals surface area contributed by atoms with Crippen LogP contribution in [-0.4, -0.2) is 19.1 Å². The minimum atomic E-state index is -0.708. The zero-order valence-electron chi connectivity index (χ0n) is 32.2. The molecule has 5 heterocycles. The summed E-state index contributed by atoms with van der Waals surface area (Å²) >= 11 is 0. The van der Waals surface area contributed by atoms with Gasteiger partial charge in [-0.15, -0.1) is 0 Å². The number of fused-ring (bicyclic) bond motifs is 16. The van der Waals surface area contributed by atoms with Crippen molar-refractivity contribution >= 4 is 65.3 Å². The smallest absolute Gasteiger partial charge is 0.235 e. The molecule has 1 unspecified atom stereocenters. The van der Waals surface area contributed by atoms with Crippen LogP contribution in [0.2, 0.25) is 0 Å². The molecule has 14 rings (SSSR count). The first-order chi connectivity index (χ1) is 29.8. The molecule has 2 aliphatic rings. The first-order valence-corrected chi connectivity index (χ1v) is 20.5. The standard InChI is InChI=1S/C55H32N4O/c1-2-15-34-30-35(29-28-33(34)14-1)52-39-18-3-8-23-45(39)56-54(57-52)59-47-25-10-5-17-37(47)40-31-51-44(32-49(40)59)55(42-21-7-12-27-50(42)60-51)41-20-6-11-26-48(41)58-46-24-9-4-16-36(46)38-19-13-22-43(55)53(38)58/h1-32H. The summed E-state index contributed by atoms with van der Waals surface area (Å²) in [6, 6.07) is 69.9. The molecule has 1 spiro atoms. The van der Waals surface area contributed by atoms with Crippen LogP contribution >= 0.6 is 0 Å². The average Bonchev–Trinajstić information content (AvgIpc) is 3.82. The van der Waals surface area contributed by atoms with E-state index in [0.29, 0.717) is 5.95 Å². The van der Waals surface area contributed by atoms with Crippen LogP contribution in [0.15, 0.2) is 194 Å². The molecule has 0 radical (unpaired) electrons. The second-order valence-corrected chi connectivity index (χ2v) is 16.1. The lowest BCUT2D eigenvalue weighted by atomic mass is 9.61. The summed E-state index contributed by atoms with van der Waals surface area (Å²) in [5.41, 5.74) is 12.4. The minimum absolute atomic E-state index is 0.625. The van der Waals surface area contributed by atoms with Crippen molar-refractivity contribution in [3.63, 3.8) is 0 Å². The van der Waals surface area contributed by atoms with Gasteiger partial charge in [0, 0.05) is 43.6 Å². The van der Waals surface area contributed by atoms with Crippen LogP contribution in [0.25, 0.3) is 88.2 Å². The number of aromatic nitrogens is 4. The first kappa shape index (κ1) is 32.0. The number of rotatable bonds is 2. The summed E-state index contributed by atoms with van der Waals surface area (Å²) in [6.07, 6.45) is 0. The summed E-state index contributed by atoms with van der Waals surface area (Å²) in [5, 5.41) is 8.07. The summed E-state index contributed by atoms with van der Waals surface area (Å²) in [4.78, 5) is 10.9. The third-order valence-corrected chi connectivity index (χ3v) is 13.2. The van der Waals surface area contributed by atoms with Crippen molar-refractivity contribution in [2.45, 2.75) is 5.41 Å². The van der Waals surface area contributed by atoms with Crippen molar-refractivity contribution in [2.75, 3.05) is 0 Å². The van der Waals surface area contributed by atoms with Gasteiger partial charge in [-0.25, -0.2) is 9.97 Å². The van der Waals surface area contributed by atoms with E-state index in [9.17, 15) is 0 Å². The lowest BCUT2D eigenvalue weighted by molar-refractivity contribution is 0.435. The Kier molecular flexibility index (Phi) is 6.16. The van der Waals surface area contributed by atoms with Crippen LogP contribution in [-0.2, 0) is 5.41 Å². The molecular formula is C55H32N4O. The van der Waals surface area contributed by atoms with E-state index in [1.807, 2.05) is 0 Å². The van der Waals surface area contributed by atoms with Gasteiger partial charge in [-0.05, 0) is 70.4 Å². The zero-order valence-corrected chi connectivity index (χ0v) is 32.2. The van der Waals surface area contributed by atoms with Gasteiger partial charge in [0.15, 0.2) is 0 Å². The van der Waals surface area contributed by atoms with Gasteiger partial charge in [0.05, 0.1) is 44.4 Å². The molecule has 2 aliphatic heterocycles. The molecule has 9 aromatic carbocycles. The maximum Gasteiger partial charge on any atom is 0.235 e. The van der Waals surface area contributed by atoms with Crippen molar-refractivity contribution in [3.05, 3.63) is 216 Å². The van der Waals surface area contributed by atoms with Crippen LogP contribution in [0.5, 0.6) is 11.5 Å². The van der Waals surface area contributed by atoms with Crippen LogP contribution < -0.4 is 4.74 Å². The molecule has 5 heteroatoms. The number of hydrogen-bond acceptors (Lipinski definition) is 3. The Morgan fingerprint density at radius 3 is 1.95 bits per heavy atom. The molecule has 5 nitrogen and oxygen atoms in total. The third-order valence-electron chi connectivity index (χ3n) is 13.2. The second-order valence-electron chi connectivity index (χ2n) is 16.1. The lowest BCUT2D eigenvalue weighted by Gasteiger charge is -2.45. The van der Waals surface area contributed by atoms with E-state index in [1.165, 1.54) is 49.4 Å². The highest BCUT2D eigenvalue weighted by molar-refractivity contribution is 6.14. The van der Waals surface area contributed by atoms with Gasteiger partial charge in [-0.3, -0.25) is 4.57 Å². The van der Waals surface area contributed by atoms with Gasteiger partial charge in [-0.2, -0.15) is 0 Å². The largest absolute Gasteiger partial charge is 0.457 e. The van der Waals surface area contributed by atoms with E-state index < -0.39 is 5.41 Å². The fourth-order valence-corrected chi connectivity index (χ4v) is 10.7. The van der Waals surface area contributed by atoms with Crippen molar-refractivity contribution < 1.29 is 4.74 Å². The van der Waals surface area contributed by atoms with Gasteiger partial charge in [0.2, 0.25) is 5.95 Å². The monoisotopic (exact) mass is 764 g/mol. The number of benzene rings is 9. The Bertz CT molecular complexity index is 3840. The Labute approximate surface area is 344 Å². The molecular weight excluding hydrogens is 733 g/mol. The Hall–Kier alpha value is -8.02. The van der Waals surface area contributed by atoms with E-state index in [2.05, 4.69) is 203 Å². The van der Waals surface area contributed by atoms with Crippen LogP contribution in [0, 0.1) is 0 Å². The van der Waals surface area contributed by atoms with E-state index in [1.54, 1.807) is 0 Å². The predicted molar refractivity (Wildman–Crippen MR) is 243 cm³/mol. The van der Waals surface area contributed by atoms with Crippen molar-refractivity contribution in [1.82, 2.24) is 19.1 Å². The molecule has 12 aromatic rings. The van der Waals surface area contributed by atoms with Gasteiger partial charge < -0.3 is 9.30 Å². The minimum Gasteiger partial charge on any atom is -0.457 e. The lowest BCUT2D eigenvalue weighted by Crippen LogP contribution is -2.37. The van der Waals surface area contributed by atoms with Gasteiger partial charge >= 0.3 is 0 Å². The van der Waals surface area contributed by atoms with Crippen LogP contribution in [0.4, 0.5) is 0 Å². The Morgan fingerprint density at radius 2 is 1.07 bits per heavy atom. The number of ether oxygens (including phenoxy) is 1. The molecule has 0 saturated heterocycles. The maximum atomic E-state index is 7.06. The van der Waals surface area contributed by atoms with Crippen LogP contribution in [0.1, 0.15) is 22.3 Å². The topological polar surface area (TPSA) is 44.9 Å². The number of para-hydroxylation sites is 6. The molecule has 0 fully saturated rings. The van der Waals surface area contributed by atoms with E-state index >= 15 is 0 Å². The van der Waals surface area contributed by atoms with Crippen LogP contribution in [0.3, 0.4) is 0 Å². The Morgan fingerprint density at radius 1 is 0.400 bits per heavy atom. The normalized spacial score (nSPS) is 15.2. The highest BCUT2D eigenvalue weighted by Crippen LogP contribution is 2.61. The summed E-state index contributed by atoms with van der Waals surface area (Å²) in [5.74, 6) is 2.33. The number of nitrogens with zero attached hydrogens (tertiary/aromatic N) is 4. The number of hydrogen-bond donors (Lipinski definition) is 0. The van der Waals surface area contributed by atoms with Crippen molar-refractivity contribution in [3.8, 4) is 34.4 Å². The second kappa shape index (κ2) is 11.6. The van der Waals surface area contributed by atoms with Gasteiger partial charge in [0.1, 0.15) is 11.5 Å². The van der Waals surface area contributed by atoms with Gasteiger partial charge in [-0.1, -0.05) is 146 Å². The summed E-state index contributed by atoms with van der Waals surface area (Å²) < 4.78 is 11.8. The molecule has 0 aliphatic carbocycles. The van der Waals surface area contributed by atoms with Crippen molar-refractivity contribution in [1.29, 1.82) is 0 Å². The molecule has 0 saturated carbocycles. The van der Waals surface area contributed by atoms with E-state index in [4.69, 9.17) is 14.7 Å². The average molecular weight is 765 g/mol. The highest BCUT2D eigenvalue weighted by atomic mass is 16.5. The summed E-state index contributed by atoms with van der Waals surface area (Å²) in [7, 11) is 0. The molecule has 0 bridgehead atoms. The highest BCUT2D eigenvalue weighted by Gasteiger charge is 2.50.